The van der Waals surface area contributed by atoms with Crippen molar-refractivity contribution < 1.29 is 4.79 Å². The third-order valence-corrected chi connectivity index (χ3v) is 2.71. The van der Waals surface area contributed by atoms with Gasteiger partial charge in [-0.05, 0) is 24.9 Å². The van der Waals surface area contributed by atoms with E-state index in [1.165, 1.54) is 0 Å². The minimum absolute atomic E-state index is 0.0994. The summed E-state index contributed by atoms with van der Waals surface area (Å²) in [5, 5.41) is 5.68. The largest absolute Gasteiger partial charge is 0.338 e. The van der Waals surface area contributed by atoms with Gasteiger partial charge in [0.15, 0.2) is 0 Å². The molecule has 0 saturated heterocycles. The number of hydrogen-bond donors (Lipinski definition) is 3. The number of hydrogen-bond acceptors (Lipinski definition) is 2. The molecule has 0 spiro atoms. The predicted octanol–water partition coefficient (Wildman–Crippen LogP) is 2.00. The van der Waals surface area contributed by atoms with Gasteiger partial charge in [-0.2, -0.15) is 0 Å². The lowest BCUT2D eigenvalue weighted by Crippen LogP contribution is -2.35. The summed E-state index contributed by atoms with van der Waals surface area (Å²) in [5.41, 5.74) is 6.51. The third kappa shape index (κ3) is 6.91. The monoisotopic (exact) mass is 249 g/mol. The van der Waals surface area contributed by atoms with E-state index in [9.17, 15) is 4.79 Å². The van der Waals surface area contributed by atoms with E-state index >= 15 is 0 Å². The molecule has 0 bridgehead atoms. The van der Waals surface area contributed by atoms with E-state index in [0.717, 1.165) is 44.3 Å². The second-order valence-corrected chi connectivity index (χ2v) is 4.30. The van der Waals surface area contributed by atoms with Crippen molar-refractivity contribution >= 4 is 6.03 Å². The van der Waals surface area contributed by atoms with Gasteiger partial charge in [-0.25, -0.2) is 4.79 Å². The molecule has 0 aliphatic heterocycles. The summed E-state index contributed by atoms with van der Waals surface area (Å²) in [7, 11) is 0. The zero-order valence-electron chi connectivity index (χ0n) is 10.8. The minimum atomic E-state index is -0.0994. The fourth-order valence-electron chi connectivity index (χ4n) is 1.67. The summed E-state index contributed by atoms with van der Waals surface area (Å²) in [5.74, 6) is 0. The molecule has 4 N–H and O–H groups in total. The van der Waals surface area contributed by atoms with Crippen LogP contribution in [0.15, 0.2) is 30.3 Å². The Kier molecular flexibility index (Phi) is 7.64. The van der Waals surface area contributed by atoms with Gasteiger partial charge in [0.2, 0.25) is 0 Å². The van der Waals surface area contributed by atoms with E-state index in [1.807, 2.05) is 30.3 Å². The Morgan fingerprint density at radius 1 is 1.00 bits per heavy atom. The van der Waals surface area contributed by atoms with E-state index < -0.39 is 0 Å². The van der Waals surface area contributed by atoms with Gasteiger partial charge in [0.05, 0.1) is 0 Å². The molecule has 1 aromatic carbocycles. The Morgan fingerprint density at radius 2 is 1.72 bits per heavy atom. The van der Waals surface area contributed by atoms with E-state index in [4.69, 9.17) is 5.73 Å². The van der Waals surface area contributed by atoms with Gasteiger partial charge in [0.1, 0.15) is 0 Å². The van der Waals surface area contributed by atoms with Gasteiger partial charge in [0.25, 0.3) is 0 Å². The van der Waals surface area contributed by atoms with Crippen LogP contribution >= 0.6 is 0 Å². The first-order valence-electron chi connectivity index (χ1n) is 6.58. The highest BCUT2D eigenvalue weighted by Gasteiger charge is 1.98. The van der Waals surface area contributed by atoms with E-state index in [-0.39, 0.29) is 6.03 Å². The summed E-state index contributed by atoms with van der Waals surface area (Å²) in [6.45, 7) is 2.05. The lowest BCUT2D eigenvalue weighted by Gasteiger charge is -2.07. The summed E-state index contributed by atoms with van der Waals surface area (Å²) < 4.78 is 0. The van der Waals surface area contributed by atoms with Crippen LogP contribution in [-0.4, -0.2) is 19.1 Å². The summed E-state index contributed by atoms with van der Waals surface area (Å²) in [6.07, 6.45) is 4.35. The predicted molar refractivity (Wildman–Crippen MR) is 74.2 cm³/mol. The summed E-state index contributed by atoms with van der Waals surface area (Å²) >= 11 is 0. The number of amides is 2. The lowest BCUT2D eigenvalue weighted by atomic mass is 10.2. The average molecular weight is 249 g/mol. The van der Waals surface area contributed by atoms with Crippen LogP contribution in [-0.2, 0) is 6.54 Å². The zero-order chi connectivity index (χ0) is 13.1. The molecule has 4 heteroatoms. The molecular formula is C14H23N3O. The number of benzene rings is 1. The highest BCUT2D eigenvalue weighted by atomic mass is 16.2. The second-order valence-electron chi connectivity index (χ2n) is 4.30. The van der Waals surface area contributed by atoms with Gasteiger partial charge >= 0.3 is 6.03 Å². The SMILES string of the molecule is NCCCCCCNC(=O)NCc1ccccc1. The molecule has 0 saturated carbocycles. The van der Waals surface area contributed by atoms with Crippen LogP contribution in [0.3, 0.4) is 0 Å². The van der Waals surface area contributed by atoms with E-state index in [2.05, 4.69) is 10.6 Å². The van der Waals surface area contributed by atoms with Gasteiger partial charge in [-0.1, -0.05) is 43.2 Å². The van der Waals surface area contributed by atoms with Crippen molar-refractivity contribution in [1.82, 2.24) is 10.6 Å². The number of carbonyl (C=O) groups is 1. The van der Waals surface area contributed by atoms with Crippen molar-refractivity contribution in [3.8, 4) is 0 Å². The maximum Gasteiger partial charge on any atom is 0.315 e. The van der Waals surface area contributed by atoms with Gasteiger partial charge < -0.3 is 16.4 Å². The Hall–Kier alpha value is -1.55. The van der Waals surface area contributed by atoms with Crippen molar-refractivity contribution in [2.24, 2.45) is 5.73 Å². The van der Waals surface area contributed by atoms with Crippen LogP contribution in [0.4, 0.5) is 4.79 Å². The topological polar surface area (TPSA) is 67.1 Å². The molecule has 0 aliphatic rings. The first-order chi connectivity index (χ1) is 8.83. The van der Waals surface area contributed by atoms with Crippen LogP contribution in [0.25, 0.3) is 0 Å². The first kappa shape index (κ1) is 14.5. The molecule has 18 heavy (non-hydrogen) atoms. The number of unbranched alkanes of at least 4 members (excludes halogenated alkanes) is 3. The van der Waals surface area contributed by atoms with Crippen LogP contribution in [0.2, 0.25) is 0 Å². The number of nitrogens with one attached hydrogen (secondary N) is 2. The molecule has 1 aromatic rings. The minimum Gasteiger partial charge on any atom is -0.338 e. The Labute approximate surface area is 109 Å². The lowest BCUT2D eigenvalue weighted by molar-refractivity contribution is 0.240. The molecule has 0 atom stereocenters. The summed E-state index contributed by atoms with van der Waals surface area (Å²) in [4.78, 5) is 11.5. The molecule has 2 amide bonds. The fourth-order valence-corrected chi connectivity index (χ4v) is 1.67. The maximum absolute atomic E-state index is 11.5. The van der Waals surface area contributed by atoms with Crippen LogP contribution in [0.5, 0.6) is 0 Å². The van der Waals surface area contributed by atoms with Crippen molar-refractivity contribution in [2.75, 3.05) is 13.1 Å². The molecular weight excluding hydrogens is 226 g/mol. The van der Waals surface area contributed by atoms with Crippen molar-refractivity contribution in [3.05, 3.63) is 35.9 Å². The van der Waals surface area contributed by atoms with Crippen LogP contribution in [0, 0.1) is 0 Å². The Balaban J connectivity index is 2.01. The molecule has 1 rings (SSSR count). The van der Waals surface area contributed by atoms with E-state index in [1.54, 1.807) is 0 Å². The van der Waals surface area contributed by atoms with E-state index in [0.29, 0.717) is 6.54 Å². The highest BCUT2D eigenvalue weighted by Crippen LogP contribution is 1.98. The normalized spacial score (nSPS) is 10.1. The first-order valence-corrected chi connectivity index (χ1v) is 6.58. The van der Waals surface area contributed by atoms with Crippen molar-refractivity contribution in [1.29, 1.82) is 0 Å². The fraction of sp³-hybridized carbons (Fsp3) is 0.500. The molecule has 0 aliphatic carbocycles. The molecule has 0 fully saturated rings. The third-order valence-electron chi connectivity index (χ3n) is 2.71. The molecule has 0 radical (unpaired) electrons. The molecule has 4 nitrogen and oxygen atoms in total. The van der Waals surface area contributed by atoms with Crippen LogP contribution in [0.1, 0.15) is 31.2 Å². The quantitative estimate of drug-likeness (QED) is 0.617. The number of rotatable bonds is 8. The number of carbonyl (C=O) groups excluding carboxylic acids is 1. The second kappa shape index (κ2) is 9.48. The molecule has 0 unspecified atom stereocenters. The van der Waals surface area contributed by atoms with Gasteiger partial charge in [0, 0.05) is 13.1 Å². The Bertz CT molecular complexity index is 327. The maximum atomic E-state index is 11.5. The van der Waals surface area contributed by atoms with Gasteiger partial charge in [-0.15, -0.1) is 0 Å². The van der Waals surface area contributed by atoms with Crippen LogP contribution < -0.4 is 16.4 Å². The number of urea groups is 1. The Morgan fingerprint density at radius 3 is 2.44 bits per heavy atom. The molecule has 100 valence electrons. The highest BCUT2D eigenvalue weighted by molar-refractivity contribution is 5.73. The molecule has 0 heterocycles. The van der Waals surface area contributed by atoms with Crippen molar-refractivity contribution in [2.45, 2.75) is 32.2 Å². The summed E-state index contributed by atoms with van der Waals surface area (Å²) in [6, 6.07) is 9.78. The van der Waals surface area contributed by atoms with Crippen molar-refractivity contribution in [3.63, 3.8) is 0 Å². The standard InChI is InChI=1S/C14H23N3O/c15-10-6-1-2-7-11-16-14(18)17-12-13-8-4-3-5-9-13/h3-5,8-9H,1-2,6-7,10-12,15H2,(H2,16,17,18). The number of nitrogens with two attached hydrogens (primary N) is 1. The van der Waals surface area contributed by atoms with Gasteiger partial charge in [-0.3, -0.25) is 0 Å². The average Bonchev–Trinajstić information content (AvgIpc) is 2.41. The molecule has 0 aromatic heterocycles. The smallest absolute Gasteiger partial charge is 0.315 e. The zero-order valence-corrected chi connectivity index (χ0v) is 10.8.